The number of fused-ring (bicyclic) bond motifs is 1. The highest BCUT2D eigenvalue weighted by atomic mass is 79.9. The topological polar surface area (TPSA) is 79.6 Å². The van der Waals surface area contributed by atoms with Crippen LogP contribution in [0.4, 0.5) is 5.82 Å². The predicted octanol–water partition coefficient (Wildman–Crippen LogP) is 6.69. The molecule has 3 aromatic heterocycles. The first-order chi connectivity index (χ1) is 16.7. The molecule has 1 aliphatic rings. The SMILES string of the molecule is O=S(=O)(c1cc(Cl)sc1Cl)N1CCC(CNc2cc(-c3ccccc3Cl)nc3c(Br)cnn23)CC1. The van der Waals surface area contributed by atoms with Gasteiger partial charge in [0.05, 0.1) is 20.7 Å². The second kappa shape index (κ2) is 10.2. The fourth-order valence-corrected chi connectivity index (χ4v) is 8.27. The number of halogens is 4. The summed E-state index contributed by atoms with van der Waals surface area (Å²) in [4.78, 5) is 4.82. The van der Waals surface area contributed by atoms with Crippen molar-refractivity contribution in [1.29, 1.82) is 0 Å². The van der Waals surface area contributed by atoms with E-state index in [4.69, 9.17) is 39.8 Å². The van der Waals surface area contributed by atoms with Crippen LogP contribution in [0.5, 0.6) is 0 Å². The Bertz CT molecular complexity index is 1500. The van der Waals surface area contributed by atoms with E-state index in [-0.39, 0.29) is 15.1 Å². The summed E-state index contributed by atoms with van der Waals surface area (Å²) in [6, 6.07) is 10.9. The molecule has 0 amide bonds. The Morgan fingerprint density at radius 2 is 1.89 bits per heavy atom. The molecule has 1 fully saturated rings. The quantitative estimate of drug-likeness (QED) is 0.255. The fraction of sp³-hybridized carbons (Fsp3) is 0.273. The van der Waals surface area contributed by atoms with Crippen LogP contribution in [0.2, 0.25) is 13.7 Å². The summed E-state index contributed by atoms with van der Waals surface area (Å²) in [7, 11) is -3.66. The molecule has 0 atom stereocenters. The Kier molecular flexibility index (Phi) is 7.33. The first-order valence-electron chi connectivity index (χ1n) is 10.7. The monoisotopic (exact) mass is 633 g/mol. The lowest BCUT2D eigenvalue weighted by molar-refractivity contribution is 0.282. The van der Waals surface area contributed by atoms with Crippen LogP contribution in [-0.4, -0.2) is 47.0 Å². The van der Waals surface area contributed by atoms with Crippen LogP contribution >= 0.6 is 62.1 Å². The van der Waals surface area contributed by atoms with Crippen molar-refractivity contribution in [2.24, 2.45) is 5.92 Å². The Labute approximate surface area is 230 Å². The largest absolute Gasteiger partial charge is 0.370 e. The van der Waals surface area contributed by atoms with Gasteiger partial charge in [0.1, 0.15) is 15.0 Å². The smallest absolute Gasteiger partial charge is 0.245 e. The van der Waals surface area contributed by atoms with Crippen LogP contribution in [0.3, 0.4) is 0 Å². The van der Waals surface area contributed by atoms with Crippen molar-refractivity contribution in [1.82, 2.24) is 18.9 Å². The van der Waals surface area contributed by atoms with Crippen molar-refractivity contribution in [3.63, 3.8) is 0 Å². The number of rotatable bonds is 6. The Morgan fingerprint density at radius 1 is 1.14 bits per heavy atom. The molecule has 5 rings (SSSR count). The van der Waals surface area contributed by atoms with E-state index in [0.717, 1.165) is 45.7 Å². The number of thiophene rings is 1. The molecule has 0 radical (unpaired) electrons. The minimum atomic E-state index is -3.66. The van der Waals surface area contributed by atoms with Crippen molar-refractivity contribution >= 4 is 83.6 Å². The van der Waals surface area contributed by atoms with E-state index in [1.165, 1.54) is 10.4 Å². The highest BCUT2D eigenvalue weighted by Crippen LogP contribution is 2.37. The second-order valence-corrected chi connectivity index (χ2v) is 13.6. The number of benzene rings is 1. The van der Waals surface area contributed by atoms with E-state index >= 15 is 0 Å². The van der Waals surface area contributed by atoms with E-state index in [0.29, 0.717) is 34.6 Å². The number of hydrogen-bond donors (Lipinski definition) is 1. The Morgan fingerprint density at radius 3 is 2.57 bits per heavy atom. The van der Waals surface area contributed by atoms with Gasteiger partial charge >= 0.3 is 0 Å². The first-order valence-corrected chi connectivity index (χ1v) is 14.9. The first kappa shape index (κ1) is 25.3. The third-order valence-corrected chi connectivity index (χ3v) is 10.5. The molecule has 0 bridgehead atoms. The molecule has 13 heteroatoms. The van der Waals surface area contributed by atoms with Crippen molar-refractivity contribution in [2.75, 3.05) is 25.0 Å². The lowest BCUT2D eigenvalue weighted by Crippen LogP contribution is -2.39. The maximum Gasteiger partial charge on any atom is 0.245 e. The minimum absolute atomic E-state index is 0.0845. The number of nitrogens with one attached hydrogen (secondary N) is 1. The molecule has 35 heavy (non-hydrogen) atoms. The average Bonchev–Trinajstić information content (AvgIpc) is 3.39. The minimum Gasteiger partial charge on any atom is -0.370 e. The van der Waals surface area contributed by atoms with E-state index in [1.54, 1.807) is 10.7 Å². The third-order valence-electron chi connectivity index (χ3n) is 5.97. The standard InChI is InChI=1S/C22H19BrCl3N5O2S2/c23-15-12-28-31-20(9-17(29-22(15)31)14-3-1-2-4-16(14)24)27-11-13-5-7-30(8-6-13)35(32,33)18-10-19(25)34-21(18)26/h1-4,9-10,12-13,27H,5-8,11H2. The molecule has 0 spiro atoms. The zero-order valence-corrected chi connectivity index (χ0v) is 23.6. The van der Waals surface area contributed by atoms with Gasteiger partial charge in [-0.05, 0) is 46.8 Å². The van der Waals surface area contributed by atoms with Crippen molar-refractivity contribution in [3.05, 3.63) is 60.8 Å². The summed E-state index contributed by atoms with van der Waals surface area (Å²) in [6.45, 7) is 1.50. The fourth-order valence-electron chi connectivity index (χ4n) is 4.11. The van der Waals surface area contributed by atoms with Gasteiger partial charge in [0.15, 0.2) is 5.65 Å². The summed E-state index contributed by atoms with van der Waals surface area (Å²) in [5.74, 6) is 1.07. The van der Waals surface area contributed by atoms with Crippen molar-refractivity contribution in [2.45, 2.75) is 17.7 Å². The second-order valence-electron chi connectivity index (χ2n) is 8.15. The molecular weight excluding hydrogens is 617 g/mol. The van der Waals surface area contributed by atoms with Crippen LogP contribution < -0.4 is 5.32 Å². The van der Waals surface area contributed by atoms with Crippen molar-refractivity contribution < 1.29 is 8.42 Å². The number of sulfonamides is 1. The number of anilines is 1. The van der Waals surface area contributed by atoms with Gasteiger partial charge in [0, 0.05) is 36.3 Å². The number of piperidine rings is 1. The molecule has 4 aromatic rings. The summed E-state index contributed by atoms with van der Waals surface area (Å²) < 4.78 is 30.6. The number of nitrogens with zero attached hydrogens (tertiary/aromatic N) is 4. The molecule has 4 heterocycles. The summed E-state index contributed by atoms with van der Waals surface area (Å²) >= 11 is 23.1. The molecule has 0 unspecified atom stereocenters. The van der Waals surface area contributed by atoms with Gasteiger partial charge < -0.3 is 5.32 Å². The summed E-state index contributed by atoms with van der Waals surface area (Å²) in [5, 5.41) is 8.54. The van der Waals surface area contributed by atoms with Crippen LogP contribution in [0, 0.1) is 5.92 Å². The lowest BCUT2D eigenvalue weighted by atomic mass is 9.98. The molecule has 1 N–H and O–H groups in total. The molecule has 1 aromatic carbocycles. The van der Waals surface area contributed by atoms with Crippen LogP contribution in [0.1, 0.15) is 12.8 Å². The third kappa shape index (κ3) is 5.07. The molecule has 0 saturated carbocycles. The zero-order chi connectivity index (χ0) is 24.7. The number of hydrogen-bond acceptors (Lipinski definition) is 6. The van der Waals surface area contributed by atoms with Gasteiger partial charge in [-0.25, -0.2) is 13.4 Å². The highest BCUT2D eigenvalue weighted by molar-refractivity contribution is 9.10. The predicted molar refractivity (Wildman–Crippen MR) is 145 cm³/mol. The molecule has 7 nitrogen and oxygen atoms in total. The summed E-state index contributed by atoms with van der Waals surface area (Å²) in [5.41, 5.74) is 2.25. The van der Waals surface area contributed by atoms with Gasteiger partial charge in [-0.2, -0.15) is 13.9 Å². The van der Waals surface area contributed by atoms with Crippen LogP contribution in [0.25, 0.3) is 16.9 Å². The summed E-state index contributed by atoms with van der Waals surface area (Å²) in [6.07, 6.45) is 3.14. The highest BCUT2D eigenvalue weighted by Gasteiger charge is 2.32. The molecule has 0 aliphatic carbocycles. The Hall–Kier alpha value is -1.40. The maximum atomic E-state index is 13.0. The van der Waals surface area contributed by atoms with Gasteiger partial charge in [0.25, 0.3) is 0 Å². The van der Waals surface area contributed by atoms with E-state index in [2.05, 4.69) is 26.3 Å². The van der Waals surface area contributed by atoms with Gasteiger partial charge in [-0.3, -0.25) is 0 Å². The molecule has 1 saturated heterocycles. The molecular formula is C22H19BrCl3N5O2S2. The average molecular weight is 636 g/mol. The maximum absolute atomic E-state index is 13.0. The van der Waals surface area contributed by atoms with Crippen LogP contribution in [0.15, 0.2) is 52.0 Å². The number of aromatic nitrogens is 3. The van der Waals surface area contributed by atoms with Gasteiger partial charge in [-0.1, -0.05) is 53.0 Å². The van der Waals surface area contributed by atoms with E-state index in [1.807, 2.05) is 30.3 Å². The Balaban J connectivity index is 1.31. The van der Waals surface area contributed by atoms with Gasteiger partial charge in [0.2, 0.25) is 10.0 Å². The van der Waals surface area contributed by atoms with Crippen molar-refractivity contribution in [3.8, 4) is 11.3 Å². The van der Waals surface area contributed by atoms with E-state index < -0.39 is 10.0 Å². The molecule has 1 aliphatic heterocycles. The van der Waals surface area contributed by atoms with Gasteiger partial charge in [-0.15, -0.1) is 11.3 Å². The normalized spacial score (nSPS) is 15.7. The zero-order valence-electron chi connectivity index (χ0n) is 18.1. The van der Waals surface area contributed by atoms with E-state index in [9.17, 15) is 8.42 Å². The van der Waals surface area contributed by atoms with Crippen LogP contribution in [-0.2, 0) is 10.0 Å². The lowest BCUT2D eigenvalue weighted by Gasteiger charge is -2.31. The molecule has 184 valence electrons.